The monoisotopic (exact) mass is 305 g/mol. The minimum absolute atomic E-state index is 0.0742. The molecule has 7 heteroatoms. The van der Waals surface area contributed by atoms with Crippen molar-refractivity contribution in [1.29, 1.82) is 0 Å². The standard InChI is InChI=1S/C14H19N5OS/c1-5-11-18-8(2)12(21-11)9(3)19(4)14(20)10-6-16-7-17-13(10)15/h6-7,9H,5H2,1-4H3,(H2,15,16,17). The maximum Gasteiger partial charge on any atom is 0.259 e. The van der Waals surface area contributed by atoms with Crippen LogP contribution in [0.15, 0.2) is 12.5 Å². The molecule has 1 atom stereocenters. The molecule has 0 radical (unpaired) electrons. The van der Waals surface area contributed by atoms with Crippen LogP contribution >= 0.6 is 11.3 Å². The lowest BCUT2D eigenvalue weighted by molar-refractivity contribution is 0.0745. The second-order valence-corrected chi connectivity index (χ2v) is 5.94. The highest BCUT2D eigenvalue weighted by atomic mass is 32.1. The summed E-state index contributed by atoms with van der Waals surface area (Å²) >= 11 is 1.65. The lowest BCUT2D eigenvalue weighted by atomic mass is 10.2. The van der Waals surface area contributed by atoms with E-state index in [1.54, 1.807) is 23.3 Å². The average molecular weight is 305 g/mol. The van der Waals surface area contributed by atoms with Crippen LogP contribution in [0.25, 0.3) is 0 Å². The van der Waals surface area contributed by atoms with Gasteiger partial charge in [0, 0.05) is 18.1 Å². The van der Waals surface area contributed by atoms with Crippen LogP contribution in [0.5, 0.6) is 0 Å². The number of aromatic nitrogens is 3. The number of nitrogen functional groups attached to an aromatic ring is 1. The zero-order chi connectivity index (χ0) is 15.6. The van der Waals surface area contributed by atoms with Crippen LogP contribution in [-0.2, 0) is 6.42 Å². The van der Waals surface area contributed by atoms with Crippen LogP contribution in [-0.4, -0.2) is 32.8 Å². The molecule has 0 spiro atoms. The Balaban J connectivity index is 2.26. The van der Waals surface area contributed by atoms with E-state index in [0.29, 0.717) is 5.56 Å². The number of rotatable bonds is 4. The molecule has 0 fully saturated rings. The Hall–Kier alpha value is -2.02. The van der Waals surface area contributed by atoms with Crippen LogP contribution in [0.1, 0.15) is 45.8 Å². The van der Waals surface area contributed by atoms with Crippen molar-refractivity contribution in [3.63, 3.8) is 0 Å². The fourth-order valence-corrected chi connectivity index (χ4v) is 3.15. The predicted octanol–water partition coefficient (Wildman–Crippen LogP) is 2.22. The van der Waals surface area contributed by atoms with Gasteiger partial charge in [0.05, 0.1) is 22.3 Å². The van der Waals surface area contributed by atoms with Crippen molar-refractivity contribution in [3.05, 3.63) is 33.7 Å². The second-order valence-electron chi connectivity index (χ2n) is 4.82. The fraction of sp³-hybridized carbons (Fsp3) is 0.429. The molecule has 2 aromatic rings. The highest BCUT2D eigenvalue weighted by Crippen LogP contribution is 2.29. The summed E-state index contributed by atoms with van der Waals surface area (Å²) in [5.74, 6) is 0.00997. The molecule has 2 N–H and O–H groups in total. The van der Waals surface area contributed by atoms with E-state index in [4.69, 9.17) is 5.73 Å². The van der Waals surface area contributed by atoms with Crippen molar-refractivity contribution >= 4 is 23.1 Å². The van der Waals surface area contributed by atoms with Gasteiger partial charge in [0.15, 0.2) is 0 Å². The van der Waals surface area contributed by atoms with Crippen molar-refractivity contribution in [1.82, 2.24) is 19.9 Å². The number of hydrogen-bond donors (Lipinski definition) is 1. The molecular formula is C14H19N5OS. The average Bonchev–Trinajstić information content (AvgIpc) is 2.86. The van der Waals surface area contributed by atoms with Crippen molar-refractivity contribution < 1.29 is 4.79 Å². The van der Waals surface area contributed by atoms with E-state index in [9.17, 15) is 4.79 Å². The second kappa shape index (κ2) is 6.17. The molecule has 0 bridgehead atoms. The lowest BCUT2D eigenvalue weighted by Gasteiger charge is -2.24. The first kappa shape index (κ1) is 15.4. The van der Waals surface area contributed by atoms with E-state index >= 15 is 0 Å². The maximum absolute atomic E-state index is 12.5. The largest absolute Gasteiger partial charge is 0.383 e. The molecule has 2 heterocycles. The van der Waals surface area contributed by atoms with Crippen LogP contribution < -0.4 is 5.73 Å². The summed E-state index contributed by atoms with van der Waals surface area (Å²) in [6.45, 7) is 6.03. The normalized spacial score (nSPS) is 12.2. The van der Waals surface area contributed by atoms with Crippen LogP contribution in [0, 0.1) is 6.92 Å². The molecule has 1 unspecified atom stereocenters. The molecule has 21 heavy (non-hydrogen) atoms. The number of hydrogen-bond acceptors (Lipinski definition) is 6. The molecule has 0 aliphatic heterocycles. The summed E-state index contributed by atoms with van der Waals surface area (Å²) < 4.78 is 0. The molecular weight excluding hydrogens is 286 g/mol. The third kappa shape index (κ3) is 3.02. The number of nitrogens with two attached hydrogens (primary N) is 1. The van der Waals surface area contributed by atoms with Gasteiger partial charge in [-0.1, -0.05) is 6.92 Å². The van der Waals surface area contributed by atoms with E-state index in [-0.39, 0.29) is 17.8 Å². The van der Waals surface area contributed by atoms with Gasteiger partial charge >= 0.3 is 0 Å². The number of carbonyl (C=O) groups excluding carboxylic acids is 1. The van der Waals surface area contributed by atoms with E-state index in [1.807, 2.05) is 13.8 Å². The van der Waals surface area contributed by atoms with Crippen LogP contribution in [0.3, 0.4) is 0 Å². The number of thiazole rings is 1. The molecule has 0 aromatic carbocycles. The molecule has 6 nitrogen and oxygen atoms in total. The Labute approximate surface area is 128 Å². The van der Waals surface area contributed by atoms with Crippen molar-refractivity contribution in [2.45, 2.75) is 33.2 Å². The quantitative estimate of drug-likeness (QED) is 0.936. The van der Waals surface area contributed by atoms with Gasteiger partial charge in [-0.25, -0.2) is 15.0 Å². The number of aryl methyl sites for hydroxylation is 2. The Bertz CT molecular complexity index is 655. The van der Waals surface area contributed by atoms with Gasteiger partial charge in [-0.15, -0.1) is 11.3 Å². The Kier molecular flexibility index (Phi) is 4.52. The lowest BCUT2D eigenvalue weighted by Crippen LogP contribution is -2.30. The summed E-state index contributed by atoms with van der Waals surface area (Å²) in [6.07, 6.45) is 3.68. The summed E-state index contributed by atoms with van der Waals surface area (Å²) in [4.78, 5) is 27.5. The molecule has 1 amide bonds. The number of amides is 1. The minimum atomic E-state index is -0.188. The zero-order valence-corrected chi connectivity index (χ0v) is 13.4. The summed E-state index contributed by atoms with van der Waals surface area (Å²) in [7, 11) is 1.75. The first-order valence-electron chi connectivity index (χ1n) is 6.74. The van der Waals surface area contributed by atoms with Gasteiger partial charge in [0.2, 0.25) is 0 Å². The highest BCUT2D eigenvalue weighted by molar-refractivity contribution is 7.11. The first-order chi connectivity index (χ1) is 9.95. The summed E-state index contributed by atoms with van der Waals surface area (Å²) in [5, 5.41) is 1.08. The number of nitrogens with zero attached hydrogens (tertiary/aromatic N) is 4. The van der Waals surface area contributed by atoms with Crippen LogP contribution in [0.4, 0.5) is 5.82 Å². The van der Waals surface area contributed by atoms with Crippen molar-refractivity contribution in [2.75, 3.05) is 12.8 Å². The van der Waals surface area contributed by atoms with Gasteiger partial charge in [-0.2, -0.15) is 0 Å². The molecule has 0 aliphatic rings. The predicted molar refractivity (Wildman–Crippen MR) is 83.2 cm³/mol. The number of carbonyl (C=O) groups is 1. The SMILES string of the molecule is CCc1nc(C)c(C(C)N(C)C(=O)c2cncnc2N)s1. The summed E-state index contributed by atoms with van der Waals surface area (Å²) in [6, 6.07) is -0.0742. The Morgan fingerprint density at radius 2 is 2.24 bits per heavy atom. The fourth-order valence-electron chi connectivity index (χ4n) is 2.05. The van der Waals surface area contributed by atoms with E-state index in [0.717, 1.165) is 22.0 Å². The van der Waals surface area contributed by atoms with Gasteiger partial charge in [-0.05, 0) is 20.3 Å². The van der Waals surface area contributed by atoms with Crippen LogP contribution in [0.2, 0.25) is 0 Å². The third-order valence-corrected chi connectivity index (χ3v) is 4.91. The molecule has 2 aromatic heterocycles. The molecule has 0 saturated carbocycles. The van der Waals surface area contributed by atoms with E-state index < -0.39 is 0 Å². The van der Waals surface area contributed by atoms with Gasteiger partial charge < -0.3 is 10.6 Å². The summed E-state index contributed by atoms with van der Waals surface area (Å²) in [5.41, 5.74) is 7.04. The van der Waals surface area contributed by atoms with Gasteiger partial charge in [-0.3, -0.25) is 4.79 Å². The Morgan fingerprint density at radius 1 is 1.52 bits per heavy atom. The highest BCUT2D eigenvalue weighted by Gasteiger charge is 2.24. The number of anilines is 1. The Morgan fingerprint density at radius 3 is 2.81 bits per heavy atom. The maximum atomic E-state index is 12.5. The van der Waals surface area contributed by atoms with E-state index in [1.165, 1.54) is 12.5 Å². The van der Waals surface area contributed by atoms with Gasteiger partial charge in [0.25, 0.3) is 5.91 Å². The van der Waals surface area contributed by atoms with Crippen molar-refractivity contribution in [3.8, 4) is 0 Å². The first-order valence-corrected chi connectivity index (χ1v) is 7.56. The smallest absolute Gasteiger partial charge is 0.259 e. The minimum Gasteiger partial charge on any atom is -0.383 e. The van der Waals surface area contributed by atoms with E-state index in [2.05, 4.69) is 21.9 Å². The molecule has 0 saturated heterocycles. The van der Waals surface area contributed by atoms with Gasteiger partial charge in [0.1, 0.15) is 12.1 Å². The molecule has 2 rings (SSSR count). The molecule has 0 aliphatic carbocycles. The zero-order valence-electron chi connectivity index (χ0n) is 12.6. The third-order valence-electron chi connectivity index (χ3n) is 3.43. The van der Waals surface area contributed by atoms with Crippen molar-refractivity contribution in [2.24, 2.45) is 0 Å². The topological polar surface area (TPSA) is 85.0 Å². The molecule has 112 valence electrons.